The van der Waals surface area contributed by atoms with Gasteiger partial charge in [-0.2, -0.15) is 0 Å². The molecule has 2 aromatic rings. The normalized spacial score (nSPS) is 11.8. The van der Waals surface area contributed by atoms with E-state index in [1.165, 1.54) is 29.7 Å². The molecule has 22 heavy (non-hydrogen) atoms. The maximum atomic E-state index is 13.7. The number of urea groups is 1. The van der Waals surface area contributed by atoms with Crippen LogP contribution in [0.1, 0.15) is 5.69 Å². The Labute approximate surface area is 133 Å². The molecule has 0 saturated heterocycles. The fourth-order valence-electron chi connectivity index (χ4n) is 1.66. The van der Waals surface area contributed by atoms with Gasteiger partial charge in [0.05, 0.1) is 27.9 Å². The molecule has 9 heteroatoms. The maximum absolute atomic E-state index is 13.7. The van der Waals surface area contributed by atoms with Gasteiger partial charge in [-0.15, -0.1) is 11.3 Å². The summed E-state index contributed by atoms with van der Waals surface area (Å²) in [5.74, 6) is -0.614. The van der Waals surface area contributed by atoms with Gasteiger partial charge in [-0.05, 0) is 18.2 Å². The third kappa shape index (κ3) is 4.25. The Balaban J connectivity index is 1.91. The van der Waals surface area contributed by atoms with E-state index in [1.807, 2.05) is 5.38 Å². The Bertz CT molecular complexity index is 705. The number of aromatic nitrogens is 1. The molecule has 0 spiro atoms. The van der Waals surface area contributed by atoms with Crippen molar-refractivity contribution >= 4 is 39.0 Å². The minimum absolute atomic E-state index is 0.105. The second kappa shape index (κ2) is 7.32. The molecule has 0 aliphatic rings. The first-order valence-electron chi connectivity index (χ1n) is 6.29. The van der Waals surface area contributed by atoms with E-state index >= 15 is 0 Å². The van der Waals surface area contributed by atoms with Crippen LogP contribution in [0.5, 0.6) is 0 Å². The van der Waals surface area contributed by atoms with Crippen LogP contribution in [0.15, 0.2) is 28.5 Å². The summed E-state index contributed by atoms with van der Waals surface area (Å²) in [4.78, 5) is 16.1. The van der Waals surface area contributed by atoms with Crippen LogP contribution in [-0.4, -0.2) is 28.5 Å². The number of benzene rings is 1. The van der Waals surface area contributed by atoms with Crippen LogP contribution < -0.4 is 16.0 Å². The lowest BCUT2D eigenvalue weighted by atomic mass is 10.3. The van der Waals surface area contributed by atoms with Crippen LogP contribution in [0.2, 0.25) is 0 Å². The zero-order valence-corrected chi connectivity index (χ0v) is 13.6. The number of hydrogen-bond donors (Lipinski definition) is 3. The third-order valence-corrected chi connectivity index (χ3v) is 4.55. The molecule has 2 rings (SSSR count). The zero-order chi connectivity index (χ0) is 16.1. The van der Waals surface area contributed by atoms with E-state index in [0.29, 0.717) is 5.69 Å². The predicted molar refractivity (Wildman–Crippen MR) is 86.3 cm³/mol. The minimum Gasteiger partial charge on any atom is -0.365 e. The zero-order valence-electron chi connectivity index (χ0n) is 12.0. The largest absolute Gasteiger partial charge is 0.365 e. The van der Waals surface area contributed by atoms with Crippen molar-refractivity contribution in [2.24, 2.45) is 0 Å². The highest BCUT2D eigenvalue weighted by Gasteiger charge is 2.09. The standard InChI is InChI=1S/C13H15FN4O2S2/c1-15-13-18-9(7-21-13)6-16-12(19)17-8-3-4-11(22(2)20)10(14)5-8/h3-5,7H,6H2,1-2H3,(H,15,18)(H2,16,17,19)/t22-/m1/s1. The maximum Gasteiger partial charge on any atom is 0.319 e. The molecule has 0 bridgehead atoms. The molecule has 3 N–H and O–H groups in total. The lowest BCUT2D eigenvalue weighted by molar-refractivity contribution is 0.251. The number of carbonyl (C=O) groups excluding carboxylic acids is 1. The van der Waals surface area contributed by atoms with Crippen molar-refractivity contribution < 1.29 is 13.4 Å². The molecule has 6 nitrogen and oxygen atoms in total. The number of rotatable bonds is 5. The molecule has 1 atom stereocenters. The molecular formula is C13H15FN4O2S2. The van der Waals surface area contributed by atoms with E-state index in [-0.39, 0.29) is 11.4 Å². The first-order chi connectivity index (χ1) is 10.5. The van der Waals surface area contributed by atoms with Crippen LogP contribution >= 0.6 is 11.3 Å². The first kappa shape index (κ1) is 16.4. The number of amides is 2. The topological polar surface area (TPSA) is 83.1 Å². The second-order valence-corrected chi connectivity index (χ2v) is 6.51. The summed E-state index contributed by atoms with van der Waals surface area (Å²) in [6.07, 6.45) is 1.39. The van der Waals surface area contributed by atoms with Crippen molar-refractivity contribution in [3.8, 4) is 0 Å². The fraction of sp³-hybridized carbons (Fsp3) is 0.231. The quantitative estimate of drug-likeness (QED) is 0.779. The number of thiazole rings is 1. The van der Waals surface area contributed by atoms with Crippen molar-refractivity contribution in [1.29, 1.82) is 0 Å². The highest BCUT2D eigenvalue weighted by atomic mass is 32.2. The van der Waals surface area contributed by atoms with Gasteiger partial charge in [0.2, 0.25) is 0 Å². The third-order valence-electron chi connectivity index (χ3n) is 2.70. The second-order valence-electron chi connectivity index (χ2n) is 4.30. The molecular weight excluding hydrogens is 327 g/mol. The number of anilines is 2. The first-order valence-corrected chi connectivity index (χ1v) is 8.73. The Kier molecular flexibility index (Phi) is 5.45. The number of nitrogens with zero attached hydrogens (tertiary/aromatic N) is 1. The van der Waals surface area contributed by atoms with Crippen molar-refractivity contribution in [1.82, 2.24) is 10.3 Å². The van der Waals surface area contributed by atoms with Crippen molar-refractivity contribution in [2.45, 2.75) is 11.4 Å². The summed E-state index contributed by atoms with van der Waals surface area (Å²) < 4.78 is 24.9. The lowest BCUT2D eigenvalue weighted by Crippen LogP contribution is -2.28. The van der Waals surface area contributed by atoms with E-state index in [9.17, 15) is 13.4 Å². The van der Waals surface area contributed by atoms with Crippen molar-refractivity contribution in [3.05, 3.63) is 35.1 Å². The average Bonchev–Trinajstić information content (AvgIpc) is 2.93. The van der Waals surface area contributed by atoms with Gasteiger partial charge in [0.15, 0.2) is 5.13 Å². The monoisotopic (exact) mass is 342 g/mol. The summed E-state index contributed by atoms with van der Waals surface area (Å²) in [5.41, 5.74) is 1.02. The van der Waals surface area contributed by atoms with Gasteiger partial charge in [0, 0.05) is 24.4 Å². The van der Waals surface area contributed by atoms with Gasteiger partial charge in [-0.3, -0.25) is 4.21 Å². The highest BCUT2D eigenvalue weighted by molar-refractivity contribution is 7.84. The van der Waals surface area contributed by atoms with Crippen LogP contribution in [0.3, 0.4) is 0 Å². The Morgan fingerprint density at radius 3 is 2.82 bits per heavy atom. The van der Waals surface area contributed by atoms with Gasteiger partial charge < -0.3 is 16.0 Å². The number of halogens is 1. The van der Waals surface area contributed by atoms with Gasteiger partial charge in [-0.1, -0.05) is 0 Å². The molecule has 1 heterocycles. The van der Waals surface area contributed by atoms with Crippen LogP contribution in [0, 0.1) is 5.82 Å². The molecule has 2 amide bonds. The van der Waals surface area contributed by atoms with E-state index in [2.05, 4.69) is 20.9 Å². The molecule has 0 saturated carbocycles. The van der Waals surface area contributed by atoms with Crippen molar-refractivity contribution in [3.63, 3.8) is 0 Å². The summed E-state index contributed by atoms with van der Waals surface area (Å²) in [6, 6.07) is 3.56. The average molecular weight is 342 g/mol. The molecule has 0 aliphatic heterocycles. The number of carbonyl (C=O) groups is 1. The summed E-state index contributed by atoms with van der Waals surface area (Å²) in [5, 5.41) is 10.6. The van der Waals surface area contributed by atoms with Crippen LogP contribution in [0.25, 0.3) is 0 Å². The van der Waals surface area contributed by atoms with E-state index in [0.717, 1.165) is 16.9 Å². The molecule has 1 aromatic carbocycles. The minimum atomic E-state index is -1.40. The lowest BCUT2D eigenvalue weighted by Gasteiger charge is -2.08. The van der Waals surface area contributed by atoms with Gasteiger partial charge in [0.25, 0.3) is 0 Å². The molecule has 0 radical (unpaired) electrons. The van der Waals surface area contributed by atoms with Crippen molar-refractivity contribution in [2.75, 3.05) is 23.9 Å². The molecule has 0 unspecified atom stereocenters. The van der Waals surface area contributed by atoms with E-state index in [4.69, 9.17) is 0 Å². The summed E-state index contributed by atoms with van der Waals surface area (Å²) in [7, 11) is 0.363. The Hall–Kier alpha value is -2.00. The molecule has 0 fully saturated rings. The van der Waals surface area contributed by atoms with Crippen LogP contribution in [0.4, 0.5) is 20.0 Å². The number of hydrogen-bond acceptors (Lipinski definition) is 5. The Morgan fingerprint density at radius 1 is 1.45 bits per heavy atom. The number of nitrogens with one attached hydrogen (secondary N) is 3. The summed E-state index contributed by atoms with van der Waals surface area (Å²) >= 11 is 1.44. The van der Waals surface area contributed by atoms with E-state index in [1.54, 1.807) is 7.05 Å². The van der Waals surface area contributed by atoms with Gasteiger partial charge in [0.1, 0.15) is 5.82 Å². The van der Waals surface area contributed by atoms with Crippen LogP contribution in [-0.2, 0) is 17.3 Å². The SMILES string of the molecule is CNc1nc(CNC(=O)Nc2ccc([S@@](C)=O)c(F)c2)cs1. The van der Waals surface area contributed by atoms with Gasteiger partial charge >= 0.3 is 6.03 Å². The van der Waals surface area contributed by atoms with E-state index < -0.39 is 22.6 Å². The van der Waals surface area contributed by atoms with Gasteiger partial charge in [-0.25, -0.2) is 14.2 Å². The smallest absolute Gasteiger partial charge is 0.319 e. The summed E-state index contributed by atoms with van der Waals surface area (Å²) in [6.45, 7) is 0.267. The fourth-order valence-corrected chi connectivity index (χ4v) is 2.93. The molecule has 0 aliphatic carbocycles. The highest BCUT2D eigenvalue weighted by Crippen LogP contribution is 2.17. The predicted octanol–water partition coefficient (Wildman–Crippen LogP) is 2.38. The Morgan fingerprint density at radius 2 is 2.23 bits per heavy atom. The molecule has 118 valence electrons. The molecule has 1 aromatic heterocycles.